The minimum absolute atomic E-state index is 0.126. The fourth-order valence-corrected chi connectivity index (χ4v) is 2.12. The summed E-state index contributed by atoms with van der Waals surface area (Å²) in [5.74, 6) is 0.905. The number of methoxy groups -OCH3 is 2. The Morgan fingerprint density at radius 2 is 2.00 bits per heavy atom. The van der Waals surface area contributed by atoms with Crippen LogP contribution in [0.1, 0.15) is 25.5 Å². The second-order valence-electron chi connectivity index (χ2n) is 5.55. The predicted molar refractivity (Wildman–Crippen MR) is 90.8 cm³/mol. The van der Waals surface area contributed by atoms with E-state index >= 15 is 0 Å². The summed E-state index contributed by atoms with van der Waals surface area (Å²) in [6.45, 7) is 3.78. The second-order valence-corrected chi connectivity index (χ2v) is 5.55. The fourth-order valence-electron chi connectivity index (χ4n) is 2.12. The Morgan fingerprint density at radius 1 is 1.25 bits per heavy atom. The van der Waals surface area contributed by atoms with E-state index in [-0.39, 0.29) is 23.9 Å². The van der Waals surface area contributed by atoms with Crippen LogP contribution in [-0.4, -0.2) is 29.7 Å². The summed E-state index contributed by atoms with van der Waals surface area (Å²) < 4.78 is 11.6. The van der Waals surface area contributed by atoms with Gasteiger partial charge in [0.2, 0.25) is 5.91 Å². The molecule has 128 valence electrons. The Balaban J connectivity index is 2.13. The SMILES string of the molecule is COc1ccc(NC(=O)Cn2cnc(C(C)C)cc2=O)c(OC)c1. The average Bonchev–Trinajstić information content (AvgIpc) is 2.56. The summed E-state index contributed by atoms with van der Waals surface area (Å²) in [4.78, 5) is 28.4. The summed E-state index contributed by atoms with van der Waals surface area (Å²) in [5.41, 5.74) is 0.946. The molecule has 1 aromatic carbocycles. The number of hydrogen-bond acceptors (Lipinski definition) is 5. The van der Waals surface area contributed by atoms with Crippen LogP contribution in [-0.2, 0) is 11.3 Å². The normalized spacial score (nSPS) is 10.5. The van der Waals surface area contributed by atoms with Gasteiger partial charge in [0.05, 0.1) is 31.9 Å². The third-order valence-corrected chi connectivity index (χ3v) is 3.49. The zero-order chi connectivity index (χ0) is 17.7. The molecule has 0 unspecified atom stereocenters. The highest BCUT2D eigenvalue weighted by Gasteiger charge is 2.11. The number of amides is 1. The van der Waals surface area contributed by atoms with E-state index in [4.69, 9.17) is 9.47 Å². The molecule has 2 rings (SSSR count). The van der Waals surface area contributed by atoms with Gasteiger partial charge >= 0.3 is 0 Å². The van der Waals surface area contributed by atoms with Gasteiger partial charge in [-0.1, -0.05) is 13.8 Å². The number of nitrogens with zero attached hydrogens (tertiary/aromatic N) is 2. The van der Waals surface area contributed by atoms with Crippen molar-refractivity contribution in [3.05, 3.63) is 46.6 Å². The molecule has 1 heterocycles. The molecule has 0 aliphatic rings. The number of rotatable bonds is 6. The number of benzene rings is 1. The summed E-state index contributed by atoms with van der Waals surface area (Å²) >= 11 is 0. The van der Waals surface area contributed by atoms with E-state index in [0.29, 0.717) is 22.9 Å². The molecule has 7 heteroatoms. The third kappa shape index (κ3) is 4.13. The van der Waals surface area contributed by atoms with E-state index in [0.717, 1.165) is 0 Å². The van der Waals surface area contributed by atoms with E-state index < -0.39 is 0 Å². The molecule has 2 aromatic rings. The van der Waals surface area contributed by atoms with Crippen molar-refractivity contribution in [2.24, 2.45) is 0 Å². The molecule has 0 radical (unpaired) electrons. The van der Waals surface area contributed by atoms with Crippen LogP contribution in [0.15, 0.2) is 35.4 Å². The maximum Gasteiger partial charge on any atom is 0.254 e. The van der Waals surface area contributed by atoms with Crippen LogP contribution in [0, 0.1) is 0 Å². The minimum Gasteiger partial charge on any atom is -0.497 e. The highest BCUT2D eigenvalue weighted by Crippen LogP contribution is 2.28. The van der Waals surface area contributed by atoms with E-state index in [1.54, 1.807) is 25.3 Å². The van der Waals surface area contributed by atoms with Crippen molar-refractivity contribution in [2.45, 2.75) is 26.3 Å². The van der Waals surface area contributed by atoms with Crippen LogP contribution in [0.3, 0.4) is 0 Å². The topological polar surface area (TPSA) is 82.5 Å². The minimum atomic E-state index is -0.348. The van der Waals surface area contributed by atoms with Gasteiger partial charge in [0, 0.05) is 12.1 Å². The zero-order valence-electron chi connectivity index (χ0n) is 14.2. The molecule has 1 aromatic heterocycles. The number of ether oxygens (including phenoxy) is 2. The average molecular weight is 331 g/mol. The van der Waals surface area contributed by atoms with Crippen LogP contribution < -0.4 is 20.3 Å². The highest BCUT2D eigenvalue weighted by molar-refractivity contribution is 5.92. The number of hydrogen-bond donors (Lipinski definition) is 1. The van der Waals surface area contributed by atoms with Gasteiger partial charge in [-0.25, -0.2) is 4.98 Å². The van der Waals surface area contributed by atoms with Crippen molar-refractivity contribution in [1.82, 2.24) is 9.55 Å². The van der Waals surface area contributed by atoms with Gasteiger partial charge in [-0.3, -0.25) is 14.2 Å². The van der Waals surface area contributed by atoms with E-state index in [1.165, 1.54) is 24.1 Å². The maximum absolute atomic E-state index is 12.2. The number of carbonyl (C=O) groups excluding carboxylic acids is 1. The van der Waals surface area contributed by atoms with Gasteiger partial charge in [0.1, 0.15) is 18.0 Å². The molecular weight excluding hydrogens is 310 g/mol. The first-order chi connectivity index (χ1) is 11.4. The number of carbonyl (C=O) groups is 1. The highest BCUT2D eigenvalue weighted by atomic mass is 16.5. The molecule has 0 bridgehead atoms. The molecule has 0 saturated carbocycles. The standard InChI is InChI=1S/C17H21N3O4/c1-11(2)14-8-17(22)20(10-18-14)9-16(21)19-13-6-5-12(23-3)7-15(13)24-4/h5-8,10-11H,9H2,1-4H3,(H,19,21). The zero-order valence-corrected chi connectivity index (χ0v) is 14.2. The van der Waals surface area contributed by atoms with E-state index in [1.807, 2.05) is 13.8 Å². The number of aromatic nitrogens is 2. The lowest BCUT2D eigenvalue weighted by molar-refractivity contribution is -0.116. The molecule has 0 fully saturated rings. The summed E-state index contributed by atoms with van der Waals surface area (Å²) in [5, 5.41) is 2.72. The van der Waals surface area contributed by atoms with Crippen LogP contribution in [0.2, 0.25) is 0 Å². The maximum atomic E-state index is 12.2. The van der Waals surface area contributed by atoms with Crippen molar-refractivity contribution < 1.29 is 14.3 Å². The quantitative estimate of drug-likeness (QED) is 0.876. The van der Waals surface area contributed by atoms with Gasteiger partial charge < -0.3 is 14.8 Å². The number of anilines is 1. The molecule has 24 heavy (non-hydrogen) atoms. The first-order valence-corrected chi connectivity index (χ1v) is 7.53. The molecule has 0 aliphatic heterocycles. The van der Waals surface area contributed by atoms with E-state index in [2.05, 4.69) is 10.3 Å². The fraction of sp³-hybridized carbons (Fsp3) is 0.353. The monoisotopic (exact) mass is 331 g/mol. The molecule has 7 nitrogen and oxygen atoms in total. The second kappa shape index (κ2) is 7.63. The molecule has 0 aliphatic carbocycles. The van der Waals surface area contributed by atoms with Gasteiger partial charge in [-0.2, -0.15) is 0 Å². The van der Waals surface area contributed by atoms with Crippen molar-refractivity contribution >= 4 is 11.6 Å². The molecular formula is C17H21N3O4. The molecule has 1 amide bonds. The molecule has 1 N–H and O–H groups in total. The Labute approximate surface area is 140 Å². The van der Waals surface area contributed by atoms with Gasteiger partial charge in [-0.05, 0) is 18.1 Å². The third-order valence-electron chi connectivity index (χ3n) is 3.49. The number of nitrogens with one attached hydrogen (secondary N) is 1. The van der Waals surface area contributed by atoms with Crippen LogP contribution in [0.4, 0.5) is 5.69 Å². The van der Waals surface area contributed by atoms with Crippen LogP contribution in [0.25, 0.3) is 0 Å². The van der Waals surface area contributed by atoms with Crippen LogP contribution >= 0.6 is 0 Å². The lowest BCUT2D eigenvalue weighted by atomic mass is 10.1. The lowest BCUT2D eigenvalue weighted by Gasteiger charge is -2.12. The predicted octanol–water partition coefficient (Wildman–Crippen LogP) is 2.02. The Bertz CT molecular complexity index is 784. The summed E-state index contributed by atoms with van der Waals surface area (Å²) in [6.07, 6.45) is 1.39. The smallest absolute Gasteiger partial charge is 0.254 e. The van der Waals surface area contributed by atoms with Crippen molar-refractivity contribution in [3.8, 4) is 11.5 Å². The summed E-state index contributed by atoms with van der Waals surface area (Å²) in [6, 6.07) is 6.51. The van der Waals surface area contributed by atoms with Crippen molar-refractivity contribution in [2.75, 3.05) is 19.5 Å². The molecule has 0 atom stereocenters. The Hall–Kier alpha value is -2.83. The molecule has 0 saturated heterocycles. The Kier molecular flexibility index (Phi) is 5.57. The van der Waals surface area contributed by atoms with Gasteiger partial charge in [0.15, 0.2) is 0 Å². The van der Waals surface area contributed by atoms with E-state index in [9.17, 15) is 9.59 Å². The molecule has 0 spiro atoms. The van der Waals surface area contributed by atoms with Gasteiger partial charge in [-0.15, -0.1) is 0 Å². The lowest BCUT2D eigenvalue weighted by Crippen LogP contribution is -2.28. The van der Waals surface area contributed by atoms with Crippen LogP contribution in [0.5, 0.6) is 11.5 Å². The first kappa shape index (κ1) is 17.5. The van der Waals surface area contributed by atoms with Crippen molar-refractivity contribution in [1.29, 1.82) is 0 Å². The first-order valence-electron chi connectivity index (χ1n) is 7.53. The van der Waals surface area contributed by atoms with Crippen molar-refractivity contribution in [3.63, 3.8) is 0 Å². The Morgan fingerprint density at radius 3 is 2.58 bits per heavy atom. The van der Waals surface area contributed by atoms with Gasteiger partial charge in [0.25, 0.3) is 5.56 Å². The summed E-state index contributed by atoms with van der Waals surface area (Å²) in [7, 11) is 3.05. The largest absolute Gasteiger partial charge is 0.497 e.